The molecule has 0 aliphatic rings. The van der Waals surface area contributed by atoms with Gasteiger partial charge in [0.1, 0.15) is 5.75 Å². The number of rotatable bonds is 7. The van der Waals surface area contributed by atoms with Gasteiger partial charge in [-0.2, -0.15) is 8.78 Å². The number of aryl methyl sites for hydroxylation is 1. The quantitative estimate of drug-likeness (QED) is 0.822. The predicted octanol–water partition coefficient (Wildman–Crippen LogP) is 3.48. The van der Waals surface area contributed by atoms with Gasteiger partial charge in [-0.25, -0.2) is 0 Å². The Labute approximate surface area is 126 Å². The van der Waals surface area contributed by atoms with Crippen LogP contribution < -0.4 is 10.1 Å². The van der Waals surface area contributed by atoms with Crippen molar-refractivity contribution in [2.75, 3.05) is 6.54 Å². The van der Waals surface area contributed by atoms with Crippen molar-refractivity contribution in [3.8, 4) is 5.75 Å². The lowest BCUT2D eigenvalue weighted by molar-refractivity contribution is -0.0498. The van der Waals surface area contributed by atoms with E-state index in [9.17, 15) is 13.9 Å². The second-order valence-corrected chi connectivity index (χ2v) is 5.98. The van der Waals surface area contributed by atoms with Crippen LogP contribution in [-0.4, -0.2) is 18.3 Å². The number of thiophene rings is 1. The SMILES string of the molecule is Cc1ccc(CNCC(O)c2ccc(OC(F)F)cc2)s1. The van der Waals surface area contributed by atoms with E-state index in [1.165, 1.54) is 21.9 Å². The van der Waals surface area contributed by atoms with Crippen molar-refractivity contribution in [1.82, 2.24) is 5.32 Å². The molecule has 114 valence electrons. The molecule has 2 aromatic rings. The van der Waals surface area contributed by atoms with E-state index in [1.807, 2.05) is 6.92 Å². The first kappa shape index (κ1) is 15.9. The van der Waals surface area contributed by atoms with Gasteiger partial charge >= 0.3 is 6.61 Å². The third kappa shape index (κ3) is 5.08. The van der Waals surface area contributed by atoms with Crippen LogP contribution in [0.2, 0.25) is 0 Å². The minimum absolute atomic E-state index is 0.0861. The average Bonchev–Trinajstić information content (AvgIpc) is 2.84. The minimum atomic E-state index is -2.84. The zero-order chi connectivity index (χ0) is 15.2. The van der Waals surface area contributed by atoms with Crippen molar-refractivity contribution >= 4 is 11.3 Å². The van der Waals surface area contributed by atoms with Crippen LogP contribution in [0, 0.1) is 6.92 Å². The van der Waals surface area contributed by atoms with E-state index in [-0.39, 0.29) is 5.75 Å². The van der Waals surface area contributed by atoms with Crippen LogP contribution in [0.3, 0.4) is 0 Å². The highest BCUT2D eigenvalue weighted by Crippen LogP contribution is 2.19. The summed E-state index contributed by atoms with van der Waals surface area (Å²) in [5, 5.41) is 13.2. The van der Waals surface area contributed by atoms with Crippen LogP contribution in [-0.2, 0) is 6.54 Å². The Hall–Kier alpha value is -1.50. The maximum Gasteiger partial charge on any atom is 0.387 e. The maximum absolute atomic E-state index is 12.0. The van der Waals surface area contributed by atoms with Crippen molar-refractivity contribution in [1.29, 1.82) is 0 Å². The molecule has 0 saturated carbocycles. The monoisotopic (exact) mass is 313 g/mol. The first-order valence-electron chi connectivity index (χ1n) is 6.53. The molecule has 0 amide bonds. The summed E-state index contributed by atoms with van der Waals surface area (Å²) < 4.78 is 28.3. The van der Waals surface area contributed by atoms with Crippen molar-refractivity contribution < 1.29 is 18.6 Å². The van der Waals surface area contributed by atoms with E-state index < -0.39 is 12.7 Å². The molecule has 0 spiro atoms. The molecule has 1 unspecified atom stereocenters. The van der Waals surface area contributed by atoms with Gasteiger partial charge in [-0.3, -0.25) is 0 Å². The molecule has 1 aromatic heterocycles. The molecular weight excluding hydrogens is 296 g/mol. The summed E-state index contributed by atoms with van der Waals surface area (Å²) in [7, 11) is 0. The van der Waals surface area contributed by atoms with E-state index in [4.69, 9.17) is 0 Å². The zero-order valence-corrected chi connectivity index (χ0v) is 12.4. The molecule has 2 N–H and O–H groups in total. The summed E-state index contributed by atoms with van der Waals surface area (Å²) >= 11 is 1.71. The highest BCUT2D eigenvalue weighted by atomic mass is 32.1. The topological polar surface area (TPSA) is 41.5 Å². The van der Waals surface area contributed by atoms with Gasteiger partial charge in [-0.15, -0.1) is 11.3 Å². The van der Waals surface area contributed by atoms with Crippen molar-refractivity contribution in [3.05, 3.63) is 51.7 Å². The van der Waals surface area contributed by atoms with Crippen LogP contribution in [0.15, 0.2) is 36.4 Å². The number of hydrogen-bond donors (Lipinski definition) is 2. The minimum Gasteiger partial charge on any atom is -0.435 e. The second-order valence-electron chi connectivity index (χ2n) is 4.61. The van der Waals surface area contributed by atoms with Gasteiger partial charge in [-0.05, 0) is 36.8 Å². The Bertz CT molecular complexity index is 557. The molecule has 21 heavy (non-hydrogen) atoms. The third-order valence-corrected chi connectivity index (χ3v) is 3.92. The van der Waals surface area contributed by atoms with Gasteiger partial charge in [0.2, 0.25) is 0 Å². The number of benzene rings is 1. The normalized spacial score (nSPS) is 12.6. The highest BCUT2D eigenvalue weighted by Gasteiger charge is 2.09. The number of halogens is 2. The molecule has 0 radical (unpaired) electrons. The number of nitrogens with one attached hydrogen (secondary N) is 1. The fraction of sp³-hybridized carbons (Fsp3) is 0.333. The van der Waals surface area contributed by atoms with E-state index in [2.05, 4.69) is 22.2 Å². The fourth-order valence-electron chi connectivity index (χ4n) is 1.90. The Balaban J connectivity index is 1.81. The molecule has 0 saturated heterocycles. The summed E-state index contributed by atoms with van der Waals surface area (Å²) in [6.07, 6.45) is -0.688. The standard InChI is InChI=1S/C15H17F2NO2S/c1-10-2-7-13(21-10)8-18-9-14(19)11-3-5-12(6-4-11)20-15(16)17/h2-7,14-15,18-19H,8-9H2,1H3. The van der Waals surface area contributed by atoms with Gasteiger partial charge in [0.25, 0.3) is 0 Å². The summed E-state index contributed by atoms with van der Waals surface area (Å²) in [5.74, 6) is 0.0861. The molecule has 3 nitrogen and oxygen atoms in total. The van der Waals surface area contributed by atoms with Crippen LogP contribution >= 0.6 is 11.3 Å². The molecule has 1 aromatic carbocycles. The number of ether oxygens (including phenoxy) is 1. The summed E-state index contributed by atoms with van der Waals surface area (Å²) in [4.78, 5) is 2.46. The molecule has 0 aliphatic heterocycles. The van der Waals surface area contributed by atoms with Gasteiger partial charge < -0.3 is 15.2 Å². The first-order valence-corrected chi connectivity index (χ1v) is 7.35. The lowest BCUT2D eigenvalue weighted by Crippen LogP contribution is -2.20. The molecule has 1 atom stereocenters. The van der Waals surface area contributed by atoms with Crippen LogP contribution in [0.25, 0.3) is 0 Å². The zero-order valence-electron chi connectivity index (χ0n) is 11.6. The molecule has 6 heteroatoms. The van der Waals surface area contributed by atoms with Gasteiger partial charge in [0, 0.05) is 22.8 Å². The Morgan fingerprint density at radius 1 is 1.19 bits per heavy atom. The molecule has 0 bridgehead atoms. The highest BCUT2D eigenvalue weighted by molar-refractivity contribution is 7.11. The Morgan fingerprint density at radius 2 is 1.90 bits per heavy atom. The largest absolute Gasteiger partial charge is 0.435 e. The second kappa shape index (κ2) is 7.49. The van der Waals surface area contributed by atoms with E-state index in [1.54, 1.807) is 23.5 Å². The average molecular weight is 313 g/mol. The van der Waals surface area contributed by atoms with Gasteiger partial charge in [0.05, 0.1) is 6.10 Å². The number of hydrogen-bond acceptors (Lipinski definition) is 4. The van der Waals surface area contributed by atoms with Crippen LogP contribution in [0.4, 0.5) is 8.78 Å². The van der Waals surface area contributed by atoms with Gasteiger partial charge in [0.15, 0.2) is 0 Å². The summed E-state index contributed by atoms with van der Waals surface area (Å²) in [5.41, 5.74) is 0.659. The third-order valence-electron chi connectivity index (χ3n) is 2.92. The summed E-state index contributed by atoms with van der Waals surface area (Å²) in [6.45, 7) is 0.303. The van der Waals surface area contributed by atoms with E-state index in [0.717, 1.165) is 0 Å². The number of aliphatic hydroxyl groups is 1. The number of alkyl halides is 2. The lowest BCUT2D eigenvalue weighted by Gasteiger charge is -2.12. The van der Waals surface area contributed by atoms with E-state index >= 15 is 0 Å². The molecule has 0 aliphatic carbocycles. The molecular formula is C15H17F2NO2S. The Kier molecular flexibility index (Phi) is 5.67. The van der Waals surface area contributed by atoms with Crippen molar-refractivity contribution in [2.24, 2.45) is 0 Å². The Morgan fingerprint density at radius 3 is 2.48 bits per heavy atom. The van der Waals surface area contributed by atoms with E-state index in [0.29, 0.717) is 18.7 Å². The summed E-state index contributed by atoms with van der Waals surface area (Å²) in [6, 6.07) is 10.1. The van der Waals surface area contributed by atoms with Crippen molar-refractivity contribution in [3.63, 3.8) is 0 Å². The lowest BCUT2D eigenvalue weighted by atomic mass is 10.1. The molecule has 2 rings (SSSR count). The smallest absolute Gasteiger partial charge is 0.387 e. The maximum atomic E-state index is 12.0. The van der Waals surface area contributed by atoms with Crippen LogP contribution in [0.5, 0.6) is 5.75 Å². The predicted molar refractivity (Wildman–Crippen MR) is 78.8 cm³/mol. The first-order chi connectivity index (χ1) is 10.0. The van der Waals surface area contributed by atoms with Crippen molar-refractivity contribution in [2.45, 2.75) is 26.2 Å². The molecule has 0 fully saturated rings. The number of aliphatic hydroxyl groups excluding tert-OH is 1. The fourth-order valence-corrected chi connectivity index (χ4v) is 2.76. The van der Waals surface area contributed by atoms with Crippen LogP contribution in [0.1, 0.15) is 21.4 Å². The molecule has 1 heterocycles. The van der Waals surface area contributed by atoms with Gasteiger partial charge in [-0.1, -0.05) is 12.1 Å².